The van der Waals surface area contributed by atoms with Crippen molar-refractivity contribution in [2.75, 3.05) is 10.0 Å². The summed E-state index contributed by atoms with van der Waals surface area (Å²) >= 11 is 0. The molecule has 2 aromatic carbocycles. The number of nitrogens with zero attached hydrogens (tertiary/aromatic N) is 1. The average Bonchev–Trinajstić information content (AvgIpc) is 2.63. The van der Waals surface area contributed by atoms with Gasteiger partial charge >= 0.3 is 0 Å². The van der Waals surface area contributed by atoms with E-state index in [-0.39, 0.29) is 10.5 Å². The van der Waals surface area contributed by atoms with E-state index in [2.05, 4.69) is 15.0 Å². The maximum atomic E-state index is 12.7. The van der Waals surface area contributed by atoms with Gasteiger partial charge in [-0.15, -0.1) is 0 Å². The van der Waals surface area contributed by atoms with Gasteiger partial charge in [0.05, 0.1) is 16.8 Å². The molecule has 3 aromatic rings. The van der Waals surface area contributed by atoms with Crippen molar-refractivity contribution in [3.8, 4) is 0 Å². The van der Waals surface area contributed by atoms with E-state index in [1.807, 2.05) is 0 Å². The van der Waals surface area contributed by atoms with Crippen LogP contribution in [0.5, 0.6) is 0 Å². The summed E-state index contributed by atoms with van der Waals surface area (Å²) in [4.78, 5) is 16.4. The minimum absolute atomic E-state index is 0.0557. The molecule has 0 aliphatic carbocycles. The van der Waals surface area contributed by atoms with Crippen LogP contribution in [-0.4, -0.2) is 19.3 Å². The molecular formula is C19H17N3O3S. The normalized spacial score (nSPS) is 11.0. The number of amides is 1. The highest BCUT2D eigenvalue weighted by Gasteiger charge is 2.19. The quantitative estimate of drug-likeness (QED) is 0.723. The van der Waals surface area contributed by atoms with Gasteiger partial charge in [0, 0.05) is 17.4 Å². The molecule has 26 heavy (non-hydrogen) atoms. The smallest absolute Gasteiger partial charge is 0.262 e. The van der Waals surface area contributed by atoms with Gasteiger partial charge in [-0.05, 0) is 48.9 Å². The first kappa shape index (κ1) is 17.6. The van der Waals surface area contributed by atoms with Crippen molar-refractivity contribution in [2.45, 2.75) is 11.8 Å². The number of rotatable bonds is 5. The monoisotopic (exact) mass is 367 g/mol. The fourth-order valence-electron chi connectivity index (χ4n) is 2.39. The van der Waals surface area contributed by atoms with Crippen LogP contribution in [0.4, 0.5) is 11.4 Å². The van der Waals surface area contributed by atoms with Gasteiger partial charge in [-0.1, -0.05) is 24.3 Å². The van der Waals surface area contributed by atoms with Gasteiger partial charge in [0.1, 0.15) is 0 Å². The second-order valence-electron chi connectivity index (χ2n) is 5.65. The van der Waals surface area contributed by atoms with Crippen molar-refractivity contribution in [1.82, 2.24) is 4.98 Å². The Kier molecular flexibility index (Phi) is 4.99. The third kappa shape index (κ3) is 4.07. The lowest BCUT2D eigenvalue weighted by molar-refractivity contribution is 0.102. The number of aromatic nitrogens is 1. The van der Waals surface area contributed by atoms with Gasteiger partial charge in [-0.25, -0.2) is 8.42 Å². The number of aryl methyl sites for hydroxylation is 1. The highest BCUT2D eigenvalue weighted by atomic mass is 32.2. The lowest BCUT2D eigenvalue weighted by Gasteiger charge is -2.12. The molecule has 0 saturated carbocycles. The lowest BCUT2D eigenvalue weighted by atomic mass is 10.1. The van der Waals surface area contributed by atoms with Crippen molar-refractivity contribution in [2.24, 2.45) is 0 Å². The molecule has 1 heterocycles. The Morgan fingerprint density at radius 1 is 0.962 bits per heavy atom. The highest BCUT2D eigenvalue weighted by Crippen LogP contribution is 2.21. The summed E-state index contributed by atoms with van der Waals surface area (Å²) < 4.78 is 27.9. The van der Waals surface area contributed by atoms with E-state index in [0.717, 1.165) is 0 Å². The third-order valence-electron chi connectivity index (χ3n) is 3.69. The van der Waals surface area contributed by atoms with Crippen molar-refractivity contribution < 1.29 is 13.2 Å². The average molecular weight is 367 g/mol. The van der Waals surface area contributed by atoms with Crippen molar-refractivity contribution in [3.05, 3.63) is 84.2 Å². The number of anilines is 2. The number of pyridine rings is 1. The summed E-state index contributed by atoms with van der Waals surface area (Å²) in [5.41, 5.74) is 1.78. The maximum absolute atomic E-state index is 12.7. The van der Waals surface area contributed by atoms with Crippen LogP contribution in [0.1, 0.15) is 15.9 Å². The van der Waals surface area contributed by atoms with Gasteiger partial charge in [0.25, 0.3) is 15.9 Å². The van der Waals surface area contributed by atoms with Crippen molar-refractivity contribution in [3.63, 3.8) is 0 Å². The molecule has 0 spiro atoms. The van der Waals surface area contributed by atoms with E-state index in [1.54, 1.807) is 67.7 Å². The summed E-state index contributed by atoms with van der Waals surface area (Å²) in [6, 6.07) is 16.6. The number of nitrogens with one attached hydrogen (secondary N) is 2. The summed E-state index contributed by atoms with van der Waals surface area (Å²) in [7, 11) is -3.82. The SMILES string of the molecule is Cc1ccc(C(=O)Nc2cccnc2)cc1S(=O)(=O)Nc1ccccc1. The fourth-order valence-corrected chi connectivity index (χ4v) is 3.72. The zero-order chi connectivity index (χ0) is 18.6. The standard InChI is InChI=1S/C19H17N3O3S/c1-14-9-10-15(19(23)21-17-8-5-11-20-13-17)12-18(14)26(24,25)22-16-6-3-2-4-7-16/h2-13,22H,1H3,(H,21,23). The van der Waals surface area contributed by atoms with Gasteiger partial charge in [0.2, 0.25) is 0 Å². The number of benzene rings is 2. The molecular weight excluding hydrogens is 350 g/mol. The van der Waals surface area contributed by atoms with Crippen LogP contribution in [0.25, 0.3) is 0 Å². The molecule has 0 aliphatic rings. The molecule has 1 aromatic heterocycles. The minimum Gasteiger partial charge on any atom is -0.321 e. The number of sulfonamides is 1. The first-order chi connectivity index (χ1) is 12.5. The topological polar surface area (TPSA) is 88.2 Å². The van der Waals surface area contributed by atoms with Crippen LogP contribution in [0.15, 0.2) is 78.0 Å². The number of para-hydroxylation sites is 1. The molecule has 0 fully saturated rings. The summed E-state index contributed by atoms with van der Waals surface area (Å²) in [6.07, 6.45) is 3.11. The summed E-state index contributed by atoms with van der Waals surface area (Å²) in [5, 5.41) is 2.69. The maximum Gasteiger partial charge on any atom is 0.262 e. The second kappa shape index (κ2) is 7.37. The Balaban J connectivity index is 1.88. The Morgan fingerprint density at radius 2 is 1.69 bits per heavy atom. The molecule has 1 amide bonds. The number of hydrogen-bond acceptors (Lipinski definition) is 4. The Labute approximate surface area is 152 Å². The molecule has 3 rings (SSSR count). The molecule has 0 bridgehead atoms. The predicted octanol–water partition coefficient (Wildman–Crippen LogP) is 3.44. The largest absolute Gasteiger partial charge is 0.321 e. The molecule has 0 aliphatic heterocycles. The van der Waals surface area contributed by atoms with Crippen LogP contribution in [0.3, 0.4) is 0 Å². The van der Waals surface area contributed by atoms with Crippen molar-refractivity contribution in [1.29, 1.82) is 0 Å². The van der Waals surface area contributed by atoms with Crippen LogP contribution in [0.2, 0.25) is 0 Å². The molecule has 0 saturated heterocycles. The van der Waals surface area contributed by atoms with Gasteiger partial charge < -0.3 is 5.32 Å². The second-order valence-corrected chi connectivity index (χ2v) is 7.30. The molecule has 2 N–H and O–H groups in total. The van der Waals surface area contributed by atoms with E-state index in [4.69, 9.17) is 0 Å². The molecule has 0 radical (unpaired) electrons. The predicted molar refractivity (Wildman–Crippen MR) is 101 cm³/mol. The summed E-state index contributed by atoms with van der Waals surface area (Å²) in [5.74, 6) is -0.408. The van der Waals surface area contributed by atoms with E-state index in [1.165, 1.54) is 12.3 Å². The molecule has 132 valence electrons. The first-order valence-corrected chi connectivity index (χ1v) is 9.34. The Hall–Kier alpha value is -3.19. The lowest BCUT2D eigenvalue weighted by Crippen LogP contribution is -2.17. The zero-order valence-corrected chi connectivity index (χ0v) is 14.8. The van der Waals surface area contributed by atoms with E-state index >= 15 is 0 Å². The minimum atomic E-state index is -3.82. The number of hydrogen-bond donors (Lipinski definition) is 2. The highest BCUT2D eigenvalue weighted by molar-refractivity contribution is 7.92. The van der Waals surface area contributed by atoms with Gasteiger partial charge in [-0.2, -0.15) is 0 Å². The molecule has 0 unspecified atom stereocenters. The van der Waals surface area contributed by atoms with E-state index < -0.39 is 15.9 Å². The van der Waals surface area contributed by atoms with Crippen LogP contribution in [0, 0.1) is 6.92 Å². The van der Waals surface area contributed by atoms with Crippen LogP contribution in [-0.2, 0) is 10.0 Å². The van der Waals surface area contributed by atoms with Crippen molar-refractivity contribution >= 4 is 27.3 Å². The van der Waals surface area contributed by atoms with Gasteiger partial charge in [0.15, 0.2) is 0 Å². The molecule has 7 heteroatoms. The van der Waals surface area contributed by atoms with Gasteiger partial charge in [-0.3, -0.25) is 14.5 Å². The Bertz CT molecular complexity index is 1020. The van der Waals surface area contributed by atoms with Crippen LogP contribution < -0.4 is 10.0 Å². The zero-order valence-electron chi connectivity index (χ0n) is 14.0. The summed E-state index contributed by atoms with van der Waals surface area (Å²) in [6.45, 7) is 1.68. The first-order valence-electron chi connectivity index (χ1n) is 7.85. The van der Waals surface area contributed by atoms with E-state index in [9.17, 15) is 13.2 Å². The molecule has 6 nitrogen and oxygen atoms in total. The fraction of sp³-hybridized carbons (Fsp3) is 0.0526. The Morgan fingerprint density at radius 3 is 2.38 bits per heavy atom. The number of carbonyl (C=O) groups is 1. The van der Waals surface area contributed by atoms with E-state index in [0.29, 0.717) is 16.9 Å². The number of carbonyl (C=O) groups excluding carboxylic acids is 1. The van der Waals surface area contributed by atoms with Crippen LogP contribution >= 0.6 is 0 Å². The third-order valence-corrected chi connectivity index (χ3v) is 5.21. The molecule has 0 atom stereocenters.